The molecule has 1 N–H and O–H groups in total. The van der Waals surface area contributed by atoms with Crippen LogP contribution in [0.5, 0.6) is 0 Å². The second kappa shape index (κ2) is 5.52. The Morgan fingerprint density at radius 2 is 2.25 bits per heavy atom. The van der Waals surface area contributed by atoms with Gasteiger partial charge in [-0.05, 0) is 31.6 Å². The minimum Gasteiger partial charge on any atom is -0.362 e. The predicted molar refractivity (Wildman–Crippen MR) is 70.8 cm³/mol. The molecule has 1 heterocycles. The summed E-state index contributed by atoms with van der Waals surface area (Å²) in [5.41, 5.74) is 0.414. The van der Waals surface area contributed by atoms with Crippen molar-refractivity contribution in [2.24, 2.45) is 5.41 Å². The highest BCUT2D eigenvalue weighted by molar-refractivity contribution is 5.78. The predicted octanol–water partition coefficient (Wildman–Crippen LogP) is 1.73. The van der Waals surface area contributed by atoms with Crippen molar-refractivity contribution in [3.8, 4) is 0 Å². The lowest BCUT2D eigenvalue weighted by atomic mass is 9.86. The Morgan fingerprint density at radius 3 is 2.95 bits per heavy atom. The summed E-state index contributed by atoms with van der Waals surface area (Å²) in [6.45, 7) is 1.98. The first kappa shape index (κ1) is 13.5. The van der Waals surface area contributed by atoms with Crippen LogP contribution in [0.4, 0.5) is 0 Å². The number of carbonyl (C=O) groups is 1. The van der Waals surface area contributed by atoms with Crippen molar-refractivity contribution in [2.45, 2.75) is 58.1 Å². The van der Waals surface area contributed by atoms with Gasteiger partial charge in [-0.3, -0.25) is 4.79 Å². The molecule has 0 aromatic carbocycles. The van der Waals surface area contributed by atoms with Crippen LogP contribution in [0.25, 0.3) is 0 Å². The van der Waals surface area contributed by atoms with E-state index >= 15 is 0 Å². The number of nitrogens with one attached hydrogen (secondary N) is 1. The van der Waals surface area contributed by atoms with Gasteiger partial charge in [0.25, 0.3) is 5.89 Å². The van der Waals surface area contributed by atoms with Gasteiger partial charge in [0.15, 0.2) is 5.82 Å². The van der Waals surface area contributed by atoms with E-state index in [-0.39, 0.29) is 19.1 Å². The summed E-state index contributed by atoms with van der Waals surface area (Å²) >= 11 is 0. The van der Waals surface area contributed by atoms with Crippen molar-refractivity contribution in [2.75, 3.05) is 6.61 Å². The number of carbonyl (C=O) groups excluding carboxylic acids is 1. The fourth-order valence-corrected chi connectivity index (χ4v) is 3.23. The van der Waals surface area contributed by atoms with E-state index in [4.69, 9.17) is 9.26 Å². The van der Waals surface area contributed by atoms with Crippen molar-refractivity contribution >= 4 is 5.91 Å². The fourth-order valence-electron chi connectivity index (χ4n) is 3.23. The molecule has 6 heteroatoms. The van der Waals surface area contributed by atoms with Crippen LogP contribution < -0.4 is 5.32 Å². The van der Waals surface area contributed by atoms with Gasteiger partial charge in [0.1, 0.15) is 13.2 Å². The number of hydrogen-bond donors (Lipinski definition) is 1. The summed E-state index contributed by atoms with van der Waals surface area (Å²) in [4.78, 5) is 15.8. The molecule has 2 fully saturated rings. The Kier molecular flexibility index (Phi) is 3.74. The van der Waals surface area contributed by atoms with E-state index in [1.54, 1.807) is 6.92 Å². The average molecular weight is 279 g/mol. The zero-order valence-electron chi connectivity index (χ0n) is 11.9. The van der Waals surface area contributed by atoms with Crippen molar-refractivity contribution in [3.63, 3.8) is 0 Å². The first-order valence-electron chi connectivity index (χ1n) is 7.34. The molecule has 0 bridgehead atoms. The molecule has 1 atom stereocenters. The summed E-state index contributed by atoms with van der Waals surface area (Å²) < 4.78 is 10.2. The van der Waals surface area contributed by atoms with Gasteiger partial charge in [0.05, 0.1) is 0 Å². The van der Waals surface area contributed by atoms with Crippen LogP contribution in [0.2, 0.25) is 0 Å². The summed E-state index contributed by atoms with van der Waals surface area (Å²) in [7, 11) is 0. The van der Waals surface area contributed by atoms with Gasteiger partial charge in [0, 0.05) is 6.04 Å². The van der Waals surface area contributed by atoms with Gasteiger partial charge in [-0.2, -0.15) is 4.98 Å². The van der Waals surface area contributed by atoms with Crippen LogP contribution >= 0.6 is 0 Å². The number of aromatic nitrogens is 2. The first-order valence-corrected chi connectivity index (χ1v) is 7.34. The second-order valence-corrected chi connectivity index (χ2v) is 5.98. The highest BCUT2D eigenvalue weighted by Gasteiger charge is 2.54. The van der Waals surface area contributed by atoms with Gasteiger partial charge in [-0.15, -0.1) is 0 Å². The molecule has 3 rings (SSSR count). The van der Waals surface area contributed by atoms with Crippen LogP contribution in [0.15, 0.2) is 4.52 Å². The van der Waals surface area contributed by atoms with Crippen molar-refractivity contribution < 1.29 is 14.1 Å². The van der Waals surface area contributed by atoms with Crippen LogP contribution in [-0.4, -0.2) is 28.7 Å². The van der Waals surface area contributed by atoms with Crippen molar-refractivity contribution in [1.82, 2.24) is 15.5 Å². The van der Waals surface area contributed by atoms with E-state index in [1.165, 1.54) is 32.1 Å². The minimum atomic E-state index is -0.0475. The Labute approximate surface area is 118 Å². The van der Waals surface area contributed by atoms with Gasteiger partial charge < -0.3 is 14.6 Å². The molecular formula is C14H21N3O3. The summed E-state index contributed by atoms with van der Waals surface area (Å²) in [6.07, 6.45) is 7.62. The maximum Gasteiger partial charge on any atom is 0.252 e. The van der Waals surface area contributed by atoms with Gasteiger partial charge in [-0.25, -0.2) is 0 Å². The van der Waals surface area contributed by atoms with Crippen LogP contribution in [0, 0.1) is 12.3 Å². The third kappa shape index (κ3) is 3.00. The van der Waals surface area contributed by atoms with E-state index < -0.39 is 0 Å². The third-order valence-electron chi connectivity index (χ3n) is 4.40. The lowest BCUT2D eigenvalue weighted by Gasteiger charge is -2.22. The molecule has 6 nitrogen and oxygen atoms in total. The molecule has 0 radical (unpaired) electrons. The van der Waals surface area contributed by atoms with E-state index in [1.807, 2.05) is 0 Å². The Morgan fingerprint density at radius 1 is 1.45 bits per heavy atom. The molecule has 2 aliphatic rings. The minimum absolute atomic E-state index is 0.0475. The molecule has 1 spiro atoms. The maximum atomic E-state index is 11.8. The molecule has 1 unspecified atom stereocenters. The van der Waals surface area contributed by atoms with Crippen molar-refractivity contribution in [3.05, 3.63) is 11.7 Å². The summed E-state index contributed by atoms with van der Waals surface area (Å²) in [5, 5.41) is 6.74. The SMILES string of the molecule is Cc1noc(COCC(=O)NC2CC23CCCCC3)n1. The molecule has 0 saturated heterocycles. The van der Waals surface area contributed by atoms with Gasteiger partial charge >= 0.3 is 0 Å². The maximum absolute atomic E-state index is 11.8. The standard InChI is InChI=1S/C14H21N3O3/c1-10-15-13(20-17-10)9-19-8-12(18)16-11-7-14(11)5-3-2-4-6-14/h11H,2-9H2,1H3,(H,16,18). The van der Waals surface area contributed by atoms with E-state index in [0.29, 0.717) is 23.2 Å². The Hall–Kier alpha value is -1.43. The molecule has 1 aromatic rings. The van der Waals surface area contributed by atoms with E-state index in [9.17, 15) is 4.79 Å². The smallest absolute Gasteiger partial charge is 0.252 e. The molecule has 110 valence electrons. The number of ether oxygens (including phenoxy) is 1. The average Bonchev–Trinajstić information content (AvgIpc) is 2.88. The number of nitrogens with zero attached hydrogens (tertiary/aromatic N) is 2. The summed E-state index contributed by atoms with van der Waals surface area (Å²) in [6, 6.07) is 0.365. The van der Waals surface area contributed by atoms with Gasteiger partial charge in [-0.1, -0.05) is 24.4 Å². The molecule has 2 aliphatic carbocycles. The lowest BCUT2D eigenvalue weighted by Crippen LogP contribution is -2.33. The third-order valence-corrected chi connectivity index (χ3v) is 4.40. The van der Waals surface area contributed by atoms with Crippen LogP contribution in [0.3, 0.4) is 0 Å². The number of aryl methyl sites for hydroxylation is 1. The molecule has 0 aliphatic heterocycles. The van der Waals surface area contributed by atoms with Gasteiger partial charge in [0.2, 0.25) is 5.91 Å². The fraction of sp³-hybridized carbons (Fsp3) is 0.786. The Balaban J connectivity index is 1.36. The molecule has 2 saturated carbocycles. The number of hydrogen-bond acceptors (Lipinski definition) is 5. The quantitative estimate of drug-likeness (QED) is 0.888. The summed E-state index contributed by atoms with van der Waals surface area (Å²) in [5.74, 6) is 0.935. The molecule has 20 heavy (non-hydrogen) atoms. The normalized spacial score (nSPS) is 23.8. The van der Waals surface area contributed by atoms with Crippen LogP contribution in [0.1, 0.15) is 50.2 Å². The van der Waals surface area contributed by atoms with E-state index in [0.717, 1.165) is 6.42 Å². The highest BCUT2D eigenvalue weighted by Crippen LogP contribution is 2.56. The molecule has 1 aromatic heterocycles. The van der Waals surface area contributed by atoms with E-state index in [2.05, 4.69) is 15.5 Å². The number of rotatable bonds is 5. The largest absolute Gasteiger partial charge is 0.362 e. The zero-order chi connectivity index (χ0) is 14.0. The lowest BCUT2D eigenvalue weighted by molar-refractivity contribution is -0.126. The Bertz CT molecular complexity index is 480. The molecular weight excluding hydrogens is 258 g/mol. The molecule has 1 amide bonds. The highest BCUT2D eigenvalue weighted by atomic mass is 16.5. The second-order valence-electron chi connectivity index (χ2n) is 5.98. The first-order chi connectivity index (χ1) is 9.68. The van der Waals surface area contributed by atoms with Crippen LogP contribution in [-0.2, 0) is 16.1 Å². The number of amides is 1. The van der Waals surface area contributed by atoms with Crippen molar-refractivity contribution in [1.29, 1.82) is 0 Å². The monoisotopic (exact) mass is 279 g/mol. The zero-order valence-corrected chi connectivity index (χ0v) is 11.9. The topological polar surface area (TPSA) is 77.2 Å².